The van der Waals surface area contributed by atoms with E-state index in [9.17, 15) is 10.1 Å². The van der Waals surface area contributed by atoms with E-state index in [-0.39, 0.29) is 16.7 Å². The second-order valence-electron chi connectivity index (χ2n) is 6.06. The van der Waals surface area contributed by atoms with Crippen LogP contribution in [-0.4, -0.2) is 4.92 Å². The lowest BCUT2D eigenvalue weighted by molar-refractivity contribution is -0.384. The van der Waals surface area contributed by atoms with Crippen LogP contribution in [0.25, 0.3) is 0 Å². The normalized spacial score (nSPS) is 24.7. The molecule has 0 aromatic heterocycles. The Bertz CT molecular complexity index is 801. The van der Waals surface area contributed by atoms with Crippen LogP contribution < -0.4 is 5.32 Å². The zero-order chi connectivity index (χ0) is 16.0. The highest BCUT2D eigenvalue weighted by atomic mass is 79.9. The molecule has 0 spiro atoms. The molecule has 0 bridgehead atoms. The number of nitro benzene ring substituents is 1. The fourth-order valence-electron chi connectivity index (χ4n) is 3.70. The number of nitro groups is 1. The van der Waals surface area contributed by atoms with Crippen molar-refractivity contribution in [1.29, 1.82) is 0 Å². The van der Waals surface area contributed by atoms with Crippen molar-refractivity contribution in [2.75, 3.05) is 5.32 Å². The van der Waals surface area contributed by atoms with E-state index < -0.39 is 0 Å². The zero-order valence-electron chi connectivity index (χ0n) is 12.3. The molecule has 23 heavy (non-hydrogen) atoms. The number of allylic oxidation sites excluding steroid dienone is 2. The third kappa shape index (κ3) is 2.45. The van der Waals surface area contributed by atoms with Crippen LogP contribution in [-0.2, 0) is 0 Å². The van der Waals surface area contributed by atoms with Crippen molar-refractivity contribution >= 4 is 27.3 Å². The molecule has 116 valence electrons. The Morgan fingerprint density at radius 3 is 2.70 bits per heavy atom. The van der Waals surface area contributed by atoms with Crippen LogP contribution in [0.2, 0.25) is 0 Å². The molecule has 0 saturated carbocycles. The van der Waals surface area contributed by atoms with E-state index in [1.54, 1.807) is 12.1 Å². The number of nitrogens with one attached hydrogen (secondary N) is 1. The molecular weight excluding hydrogens is 356 g/mol. The van der Waals surface area contributed by atoms with Gasteiger partial charge in [0.1, 0.15) is 0 Å². The maximum atomic E-state index is 10.8. The number of hydrogen-bond donors (Lipinski definition) is 1. The average Bonchev–Trinajstić information content (AvgIpc) is 3.03. The van der Waals surface area contributed by atoms with E-state index in [0.717, 1.165) is 22.1 Å². The first-order chi connectivity index (χ1) is 11.1. The molecular formula is C18H15BrN2O2. The van der Waals surface area contributed by atoms with Gasteiger partial charge in [-0.15, -0.1) is 0 Å². The fourth-order valence-corrected chi connectivity index (χ4v) is 4.06. The molecule has 1 heterocycles. The van der Waals surface area contributed by atoms with E-state index in [2.05, 4.69) is 51.6 Å². The number of benzene rings is 2. The molecule has 0 radical (unpaired) electrons. The summed E-state index contributed by atoms with van der Waals surface area (Å²) in [5.74, 6) is 0.852. The van der Waals surface area contributed by atoms with Crippen molar-refractivity contribution in [1.82, 2.24) is 0 Å². The van der Waals surface area contributed by atoms with Crippen molar-refractivity contribution in [3.63, 3.8) is 0 Å². The van der Waals surface area contributed by atoms with E-state index >= 15 is 0 Å². The molecule has 2 aliphatic rings. The highest BCUT2D eigenvalue weighted by Crippen LogP contribution is 2.50. The standard InChI is InChI=1S/C18H15BrN2O2/c19-12-6-9-15-14-2-1-3-16(14)18(20-17(15)10-12)11-4-7-13(8-5-11)21(22)23/h1-2,4-10,14,16,18,20H,3H2/t14-,16+,18-/m1/s1. The third-order valence-corrected chi connectivity index (χ3v) is 5.28. The molecule has 0 unspecified atom stereocenters. The zero-order valence-corrected chi connectivity index (χ0v) is 13.9. The molecule has 1 N–H and O–H groups in total. The van der Waals surface area contributed by atoms with E-state index in [1.807, 2.05) is 12.1 Å². The maximum absolute atomic E-state index is 10.8. The number of anilines is 1. The first-order valence-electron chi connectivity index (χ1n) is 7.60. The summed E-state index contributed by atoms with van der Waals surface area (Å²) in [6.45, 7) is 0. The lowest BCUT2D eigenvalue weighted by Gasteiger charge is -2.37. The number of non-ortho nitro benzene ring substituents is 1. The second kappa shape index (κ2) is 5.49. The van der Waals surface area contributed by atoms with Crippen LogP contribution in [0.1, 0.15) is 29.5 Å². The maximum Gasteiger partial charge on any atom is 0.269 e. The van der Waals surface area contributed by atoms with Gasteiger partial charge in [-0.1, -0.05) is 46.3 Å². The Kier molecular flexibility index (Phi) is 3.45. The number of halogens is 1. The van der Waals surface area contributed by atoms with Gasteiger partial charge in [0.25, 0.3) is 5.69 Å². The molecule has 4 nitrogen and oxygen atoms in total. The summed E-state index contributed by atoms with van der Waals surface area (Å²) in [5, 5.41) is 14.5. The molecule has 1 aliphatic heterocycles. The monoisotopic (exact) mass is 370 g/mol. The van der Waals surface area contributed by atoms with E-state index in [1.165, 1.54) is 5.56 Å². The lowest BCUT2D eigenvalue weighted by atomic mass is 9.77. The van der Waals surface area contributed by atoms with Crippen molar-refractivity contribution in [2.24, 2.45) is 5.92 Å². The third-order valence-electron chi connectivity index (χ3n) is 4.79. The highest BCUT2D eigenvalue weighted by molar-refractivity contribution is 9.10. The van der Waals surface area contributed by atoms with Crippen LogP contribution in [0.15, 0.2) is 59.1 Å². The van der Waals surface area contributed by atoms with Gasteiger partial charge < -0.3 is 5.32 Å². The van der Waals surface area contributed by atoms with Gasteiger partial charge in [-0.2, -0.15) is 0 Å². The van der Waals surface area contributed by atoms with Gasteiger partial charge in [0, 0.05) is 28.2 Å². The predicted molar refractivity (Wildman–Crippen MR) is 93.6 cm³/mol. The summed E-state index contributed by atoms with van der Waals surface area (Å²) < 4.78 is 1.05. The molecule has 5 heteroatoms. The summed E-state index contributed by atoms with van der Waals surface area (Å²) in [4.78, 5) is 10.5. The van der Waals surface area contributed by atoms with Gasteiger partial charge in [0.05, 0.1) is 11.0 Å². The van der Waals surface area contributed by atoms with E-state index in [0.29, 0.717) is 11.8 Å². The van der Waals surface area contributed by atoms with Gasteiger partial charge in [0.15, 0.2) is 0 Å². The Morgan fingerprint density at radius 1 is 1.17 bits per heavy atom. The van der Waals surface area contributed by atoms with E-state index in [4.69, 9.17) is 0 Å². The summed E-state index contributed by atoms with van der Waals surface area (Å²) in [6, 6.07) is 13.4. The quantitative estimate of drug-likeness (QED) is 0.449. The molecule has 4 rings (SSSR count). The van der Waals surface area contributed by atoms with Crippen LogP contribution in [0, 0.1) is 16.0 Å². The van der Waals surface area contributed by atoms with Crippen molar-refractivity contribution < 1.29 is 4.92 Å². The first-order valence-corrected chi connectivity index (χ1v) is 8.40. The highest BCUT2D eigenvalue weighted by Gasteiger charge is 2.37. The minimum atomic E-state index is -0.357. The Hall–Kier alpha value is -2.14. The summed E-state index contributed by atoms with van der Waals surface area (Å²) in [7, 11) is 0. The number of rotatable bonds is 2. The smallest absolute Gasteiger partial charge is 0.269 e. The van der Waals surface area contributed by atoms with Crippen LogP contribution in [0.4, 0.5) is 11.4 Å². The van der Waals surface area contributed by atoms with Crippen molar-refractivity contribution in [3.05, 3.63) is 80.3 Å². The lowest BCUT2D eigenvalue weighted by Crippen LogP contribution is -2.29. The van der Waals surface area contributed by atoms with Gasteiger partial charge in [-0.3, -0.25) is 10.1 Å². The molecule has 1 aliphatic carbocycles. The number of nitrogens with zero attached hydrogens (tertiary/aromatic N) is 1. The molecule has 0 saturated heterocycles. The fraction of sp³-hybridized carbons (Fsp3) is 0.222. The van der Waals surface area contributed by atoms with Crippen LogP contribution >= 0.6 is 15.9 Å². The summed E-state index contributed by atoms with van der Waals surface area (Å²) >= 11 is 3.53. The molecule has 0 amide bonds. The number of hydrogen-bond acceptors (Lipinski definition) is 3. The molecule has 2 aromatic carbocycles. The van der Waals surface area contributed by atoms with Gasteiger partial charge in [-0.25, -0.2) is 0 Å². The second-order valence-corrected chi connectivity index (χ2v) is 6.97. The van der Waals surface area contributed by atoms with Crippen LogP contribution in [0.5, 0.6) is 0 Å². The minimum absolute atomic E-state index is 0.133. The number of fused-ring (bicyclic) bond motifs is 3. The Balaban J connectivity index is 1.73. The summed E-state index contributed by atoms with van der Waals surface area (Å²) in [6.07, 6.45) is 5.55. The largest absolute Gasteiger partial charge is 0.378 e. The molecule has 0 fully saturated rings. The Labute approximate surface area is 142 Å². The average molecular weight is 371 g/mol. The van der Waals surface area contributed by atoms with Crippen molar-refractivity contribution in [2.45, 2.75) is 18.4 Å². The van der Waals surface area contributed by atoms with Gasteiger partial charge in [-0.05, 0) is 35.6 Å². The first kappa shape index (κ1) is 14.5. The SMILES string of the molecule is O=[N+]([O-])c1ccc([C@H]2Nc3cc(Br)ccc3[C@H]3C=CC[C@@H]32)cc1. The molecule has 2 aromatic rings. The minimum Gasteiger partial charge on any atom is -0.378 e. The van der Waals surface area contributed by atoms with Gasteiger partial charge in [0.2, 0.25) is 0 Å². The van der Waals surface area contributed by atoms with Gasteiger partial charge >= 0.3 is 0 Å². The molecule has 3 atom stereocenters. The van der Waals surface area contributed by atoms with Crippen molar-refractivity contribution in [3.8, 4) is 0 Å². The van der Waals surface area contributed by atoms with Crippen LogP contribution in [0.3, 0.4) is 0 Å². The topological polar surface area (TPSA) is 55.2 Å². The predicted octanol–water partition coefficient (Wildman–Crippen LogP) is 5.18. The Morgan fingerprint density at radius 2 is 1.96 bits per heavy atom. The summed E-state index contributed by atoms with van der Waals surface area (Å²) in [5.41, 5.74) is 3.69.